The largest absolute Gasteiger partial charge is 0.381 e. The third-order valence-electron chi connectivity index (χ3n) is 8.61. The molecule has 0 aromatic carbocycles. The van der Waals surface area contributed by atoms with Crippen LogP contribution in [0.3, 0.4) is 0 Å². The quantitative estimate of drug-likeness (QED) is 0.735. The molecule has 5 rings (SSSR count). The number of nitrogens with one attached hydrogen (secondary N) is 1. The van der Waals surface area contributed by atoms with E-state index in [0.29, 0.717) is 24.3 Å². The minimum Gasteiger partial charge on any atom is -0.381 e. The van der Waals surface area contributed by atoms with E-state index in [-0.39, 0.29) is 30.0 Å². The van der Waals surface area contributed by atoms with E-state index >= 15 is 0 Å². The van der Waals surface area contributed by atoms with Gasteiger partial charge in [0.1, 0.15) is 0 Å². The highest BCUT2D eigenvalue weighted by Gasteiger charge is 2.49. The average Bonchev–Trinajstić information content (AvgIpc) is 3.52. The Kier molecular flexibility index (Phi) is 6.28. The summed E-state index contributed by atoms with van der Waals surface area (Å²) in [5, 5.41) is 2.45. The summed E-state index contributed by atoms with van der Waals surface area (Å²) < 4.78 is 5.52. The van der Waals surface area contributed by atoms with E-state index in [9.17, 15) is 9.59 Å². The van der Waals surface area contributed by atoms with E-state index in [0.717, 1.165) is 64.4 Å². The zero-order chi connectivity index (χ0) is 21.5. The van der Waals surface area contributed by atoms with E-state index in [2.05, 4.69) is 27.2 Å². The van der Waals surface area contributed by atoms with Gasteiger partial charge in [-0.15, -0.1) is 0 Å². The van der Waals surface area contributed by atoms with Crippen molar-refractivity contribution in [1.29, 1.82) is 0 Å². The third-order valence-corrected chi connectivity index (χ3v) is 8.61. The molecule has 5 fully saturated rings. The first-order valence-corrected chi connectivity index (χ1v) is 12.7. The highest BCUT2D eigenvalue weighted by atomic mass is 16.5. The first-order chi connectivity index (χ1) is 15.0. The molecule has 0 radical (unpaired) electrons. The topological polar surface area (TPSA) is 65.1 Å². The summed E-state index contributed by atoms with van der Waals surface area (Å²) >= 11 is 0. The zero-order valence-electron chi connectivity index (χ0n) is 19.3. The van der Waals surface area contributed by atoms with Gasteiger partial charge in [-0.2, -0.15) is 0 Å². The predicted octanol–water partition coefficient (Wildman–Crippen LogP) is 1.88. The van der Waals surface area contributed by atoms with Gasteiger partial charge < -0.3 is 14.5 Å². The van der Waals surface area contributed by atoms with Gasteiger partial charge in [0, 0.05) is 58.3 Å². The summed E-state index contributed by atoms with van der Waals surface area (Å²) in [5.41, 5.74) is 3.67. The fourth-order valence-corrected chi connectivity index (χ4v) is 6.80. The Morgan fingerprint density at radius 2 is 1.74 bits per heavy atom. The summed E-state index contributed by atoms with van der Waals surface area (Å²) in [6.45, 7) is 9.63. The molecule has 0 spiro atoms. The minimum atomic E-state index is 0.126. The highest BCUT2D eigenvalue weighted by Crippen LogP contribution is 2.42. The number of hydrogen-bond donors (Lipinski definition) is 1. The van der Waals surface area contributed by atoms with Gasteiger partial charge in [-0.05, 0) is 69.6 Å². The van der Waals surface area contributed by atoms with Crippen LogP contribution in [0.2, 0.25) is 0 Å². The summed E-state index contributed by atoms with van der Waals surface area (Å²) in [7, 11) is 0. The van der Waals surface area contributed by atoms with Gasteiger partial charge in [0.05, 0.1) is 12.1 Å². The van der Waals surface area contributed by atoms with Crippen LogP contribution >= 0.6 is 0 Å². The number of hydrazine groups is 1. The molecule has 174 valence electrons. The fraction of sp³-hybridized carbons (Fsp3) is 0.917. The number of piperazine rings is 1. The van der Waals surface area contributed by atoms with Crippen molar-refractivity contribution in [1.82, 2.24) is 20.2 Å². The van der Waals surface area contributed by atoms with Gasteiger partial charge in [-0.3, -0.25) is 15.0 Å². The predicted molar refractivity (Wildman–Crippen MR) is 118 cm³/mol. The number of carbonyl (C=O) groups excluding carboxylic acids is 2. The van der Waals surface area contributed by atoms with Crippen LogP contribution in [-0.2, 0) is 14.3 Å². The Balaban J connectivity index is 1.24. The van der Waals surface area contributed by atoms with Crippen molar-refractivity contribution in [3.8, 4) is 0 Å². The molecular formula is C24H40N4O3. The van der Waals surface area contributed by atoms with Crippen LogP contribution in [-0.4, -0.2) is 84.1 Å². The Morgan fingerprint density at radius 3 is 2.45 bits per heavy atom. The van der Waals surface area contributed by atoms with Crippen LogP contribution in [0, 0.1) is 23.7 Å². The number of hydrogen-bond acceptors (Lipinski definition) is 5. The van der Waals surface area contributed by atoms with Crippen molar-refractivity contribution in [3.05, 3.63) is 0 Å². The van der Waals surface area contributed by atoms with Gasteiger partial charge in [0.25, 0.3) is 0 Å². The summed E-state index contributed by atoms with van der Waals surface area (Å²) in [6, 6.07) is 0.533. The normalized spacial score (nSPS) is 37.7. The van der Waals surface area contributed by atoms with Crippen LogP contribution in [0.5, 0.6) is 0 Å². The van der Waals surface area contributed by atoms with Gasteiger partial charge in [0.15, 0.2) is 0 Å². The molecule has 4 unspecified atom stereocenters. The lowest BCUT2D eigenvalue weighted by Gasteiger charge is -2.54. The second kappa shape index (κ2) is 8.99. The third kappa shape index (κ3) is 4.51. The first-order valence-electron chi connectivity index (χ1n) is 12.7. The molecule has 1 N–H and O–H groups in total. The molecule has 2 aliphatic carbocycles. The molecule has 2 amide bonds. The Hall–Kier alpha value is -1.18. The molecule has 5 aliphatic rings. The average molecular weight is 433 g/mol. The summed E-state index contributed by atoms with van der Waals surface area (Å²) in [6.07, 6.45) is 7.70. The van der Waals surface area contributed by atoms with Gasteiger partial charge in [0.2, 0.25) is 11.8 Å². The monoisotopic (exact) mass is 432 g/mol. The Morgan fingerprint density at radius 1 is 0.968 bits per heavy atom. The van der Waals surface area contributed by atoms with E-state index in [1.165, 1.54) is 19.3 Å². The molecule has 0 aromatic heterocycles. The van der Waals surface area contributed by atoms with Gasteiger partial charge in [-0.25, -0.2) is 5.01 Å². The first kappa shape index (κ1) is 21.7. The summed E-state index contributed by atoms with van der Waals surface area (Å²) in [5.74, 6) is 2.79. The van der Waals surface area contributed by atoms with Crippen molar-refractivity contribution in [3.63, 3.8) is 0 Å². The number of ether oxygens (including phenoxy) is 1. The van der Waals surface area contributed by atoms with Crippen LogP contribution in [0.25, 0.3) is 0 Å². The van der Waals surface area contributed by atoms with Gasteiger partial charge in [-0.1, -0.05) is 0 Å². The maximum Gasteiger partial charge on any atom is 0.226 e. The molecule has 3 aliphatic heterocycles. The molecule has 0 bridgehead atoms. The van der Waals surface area contributed by atoms with Crippen LogP contribution in [0.1, 0.15) is 58.8 Å². The number of rotatable bonds is 4. The molecule has 2 saturated carbocycles. The lowest BCUT2D eigenvalue weighted by molar-refractivity contribution is -0.155. The molecule has 7 nitrogen and oxygen atoms in total. The molecular weight excluding hydrogens is 392 g/mol. The smallest absolute Gasteiger partial charge is 0.226 e. The van der Waals surface area contributed by atoms with Crippen molar-refractivity contribution in [2.75, 3.05) is 39.4 Å². The van der Waals surface area contributed by atoms with Crippen molar-refractivity contribution < 1.29 is 14.3 Å². The lowest BCUT2D eigenvalue weighted by atomic mass is 9.73. The number of nitrogens with zero attached hydrogens (tertiary/aromatic N) is 3. The van der Waals surface area contributed by atoms with E-state index in [1.54, 1.807) is 6.92 Å². The molecule has 0 aromatic rings. The van der Waals surface area contributed by atoms with Gasteiger partial charge >= 0.3 is 0 Å². The maximum absolute atomic E-state index is 13.1. The second-order valence-electron chi connectivity index (χ2n) is 10.8. The number of amides is 2. The molecule has 7 heteroatoms. The second-order valence-corrected chi connectivity index (χ2v) is 10.8. The molecule has 3 saturated heterocycles. The molecule has 5 atom stereocenters. The SMILES string of the molecule is CC(=O)N1C2CCC(C3CNN(CC4CCOCC4)C3)CC2N(C(=O)C2CC2)C[C@@H]1C. The standard InChI is InChI=1S/C24H40N4O3/c1-16-13-27(24(30)19-3-4-19)23-11-20(5-6-22(23)28(16)17(2)29)21-12-25-26(15-21)14-18-7-9-31-10-8-18/h16,18-23,25H,3-15H2,1-2H3/t16-,20?,21?,22?,23?/m0/s1. The lowest BCUT2D eigenvalue weighted by Crippen LogP contribution is -2.67. The maximum atomic E-state index is 13.1. The number of carbonyl (C=O) groups is 2. The fourth-order valence-electron chi connectivity index (χ4n) is 6.80. The van der Waals surface area contributed by atoms with Crippen molar-refractivity contribution >= 4 is 11.8 Å². The Bertz CT molecular complexity index is 678. The Labute approximate surface area is 186 Å². The van der Waals surface area contributed by atoms with E-state index in [4.69, 9.17) is 4.74 Å². The molecule has 31 heavy (non-hydrogen) atoms. The van der Waals surface area contributed by atoms with E-state index in [1.807, 2.05) is 0 Å². The van der Waals surface area contributed by atoms with Crippen LogP contribution in [0.15, 0.2) is 0 Å². The van der Waals surface area contributed by atoms with Crippen molar-refractivity contribution in [2.24, 2.45) is 23.7 Å². The van der Waals surface area contributed by atoms with Crippen molar-refractivity contribution in [2.45, 2.75) is 76.9 Å². The van der Waals surface area contributed by atoms with Crippen LogP contribution < -0.4 is 5.43 Å². The zero-order valence-corrected chi connectivity index (χ0v) is 19.3. The molecule has 3 heterocycles. The van der Waals surface area contributed by atoms with Crippen LogP contribution in [0.4, 0.5) is 0 Å². The number of fused-ring (bicyclic) bond motifs is 1. The minimum absolute atomic E-state index is 0.126. The van der Waals surface area contributed by atoms with E-state index < -0.39 is 0 Å². The summed E-state index contributed by atoms with van der Waals surface area (Å²) in [4.78, 5) is 29.9. The highest BCUT2D eigenvalue weighted by molar-refractivity contribution is 5.82.